The minimum atomic E-state index is -4.77. The summed E-state index contributed by atoms with van der Waals surface area (Å²) in [7, 11) is 1.36. The number of alkyl halides is 3. The van der Waals surface area contributed by atoms with Gasteiger partial charge in [-0.15, -0.1) is 18.3 Å². The maximum absolute atomic E-state index is 12.1. The zero-order valence-corrected chi connectivity index (χ0v) is 9.81. The van der Waals surface area contributed by atoms with Crippen LogP contribution in [0.5, 0.6) is 11.5 Å². The summed E-state index contributed by atoms with van der Waals surface area (Å²) in [5, 5.41) is 6.81. The molecule has 0 atom stereocenters. The predicted octanol–water partition coefficient (Wildman–Crippen LogP) is 1.20. The highest BCUT2D eigenvalue weighted by atomic mass is 19.4. The Morgan fingerprint density at radius 1 is 1.32 bits per heavy atom. The van der Waals surface area contributed by atoms with Gasteiger partial charge in [0.15, 0.2) is 0 Å². The number of halogens is 3. The molecule has 0 radical (unpaired) electrons. The lowest BCUT2D eigenvalue weighted by Crippen LogP contribution is -2.21. The third kappa shape index (κ3) is 5.15. The monoisotopic (exact) mass is 276 g/mol. The van der Waals surface area contributed by atoms with Gasteiger partial charge in [0, 0.05) is 5.56 Å². The van der Waals surface area contributed by atoms with E-state index < -0.39 is 12.1 Å². The lowest BCUT2D eigenvalue weighted by Gasteiger charge is -2.10. The Kier molecular flexibility index (Phi) is 4.56. The van der Waals surface area contributed by atoms with E-state index in [2.05, 4.69) is 14.9 Å². The number of benzene rings is 1. The van der Waals surface area contributed by atoms with Crippen LogP contribution in [0.25, 0.3) is 0 Å². The molecule has 0 aromatic heterocycles. The topological polar surface area (TPSA) is 95.2 Å². The van der Waals surface area contributed by atoms with Gasteiger partial charge in [0.1, 0.15) is 11.5 Å². The van der Waals surface area contributed by atoms with Crippen molar-refractivity contribution in [3.8, 4) is 11.5 Å². The van der Waals surface area contributed by atoms with Crippen LogP contribution < -0.4 is 20.9 Å². The number of hydrogen-bond donors (Lipinski definition) is 2. The largest absolute Gasteiger partial charge is 0.573 e. The number of hydrogen-bond acceptors (Lipinski definition) is 4. The van der Waals surface area contributed by atoms with E-state index in [1.807, 2.05) is 0 Å². The quantitative estimate of drug-likeness (QED) is 0.490. The van der Waals surface area contributed by atoms with Gasteiger partial charge in [-0.2, -0.15) is 5.10 Å². The second-order valence-electron chi connectivity index (χ2n) is 3.22. The van der Waals surface area contributed by atoms with Crippen molar-refractivity contribution in [1.29, 1.82) is 0 Å². The number of rotatable bonds is 4. The van der Waals surface area contributed by atoms with E-state index in [0.29, 0.717) is 5.75 Å². The van der Waals surface area contributed by atoms with Gasteiger partial charge >= 0.3 is 6.36 Å². The van der Waals surface area contributed by atoms with E-state index in [1.54, 1.807) is 0 Å². The van der Waals surface area contributed by atoms with Crippen LogP contribution in [0.2, 0.25) is 0 Å². The number of guanidine groups is 1. The molecule has 9 heteroatoms. The van der Waals surface area contributed by atoms with E-state index >= 15 is 0 Å². The first-order chi connectivity index (χ1) is 8.81. The fraction of sp³-hybridized carbons (Fsp3) is 0.200. The standard InChI is InChI=1S/C10H11F3N4O2/c1-18-8-3-2-7(19-10(11,12)13)4-6(8)5-16-17-9(14)15/h2-5H,1H3,(H4,14,15,17). The van der Waals surface area contributed by atoms with Crippen LogP contribution in [0, 0.1) is 0 Å². The molecule has 1 aromatic rings. The molecule has 0 bridgehead atoms. The summed E-state index contributed by atoms with van der Waals surface area (Å²) in [5.41, 5.74) is 10.3. The molecule has 0 aliphatic heterocycles. The Hall–Kier alpha value is -2.45. The molecule has 4 N–H and O–H groups in total. The highest BCUT2D eigenvalue weighted by Crippen LogP contribution is 2.27. The summed E-state index contributed by atoms with van der Waals surface area (Å²) in [5.74, 6) is -0.388. The Morgan fingerprint density at radius 3 is 2.53 bits per heavy atom. The maximum atomic E-state index is 12.1. The van der Waals surface area contributed by atoms with Gasteiger partial charge in [-0.3, -0.25) is 0 Å². The Bertz CT molecular complexity index is 496. The molecule has 104 valence electrons. The van der Waals surface area contributed by atoms with E-state index in [4.69, 9.17) is 16.2 Å². The van der Waals surface area contributed by atoms with Gasteiger partial charge in [0.2, 0.25) is 5.96 Å². The van der Waals surface area contributed by atoms with Gasteiger partial charge < -0.3 is 20.9 Å². The molecule has 0 spiro atoms. The van der Waals surface area contributed by atoms with E-state index in [9.17, 15) is 13.2 Å². The van der Waals surface area contributed by atoms with Crippen LogP contribution >= 0.6 is 0 Å². The van der Waals surface area contributed by atoms with Crippen LogP contribution in [0.15, 0.2) is 28.4 Å². The van der Waals surface area contributed by atoms with E-state index in [-0.39, 0.29) is 11.5 Å². The molecule has 0 aliphatic carbocycles. The highest BCUT2D eigenvalue weighted by molar-refractivity contribution is 5.85. The molecular formula is C10H11F3N4O2. The molecule has 0 amide bonds. The Morgan fingerprint density at radius 2 is 2.00 bits per heavy atom. The summed E-state index contributed by atoms with van der Waals surface area (Å²) in [6.07, 6.45) is -3.63. The van der Waals surface area contributed by atoms with Gasteiger partial charge in [0.25, 0.3) is 0 Å². The third-order valence-corrected chi connectivity index (χ3v) is 1.80. The molecule has 0 aliphatic rings. The molecule has 0 fully saturated rings. The zero-order valence-electron chi connectivity index (χ0n) is 9.81. The lowest BCUT2D eigenvalue weighted by atomic mass is 10.2. The highest BCUT2D eigenvalue weighted by Gasteiger charge is 2.31. The molecule has 1 rings (SSSR count). The van der Waals surface area contributed by atoms with Gasteiger partial charge in [-0.1, -0.05) is 0 Å². The van der Waals surface area contributed by atoms with Crippen molar-refractivity contribution in [2.24, 2.45) is 21.7 Å². The Balaban J connectivity index is 3.03. The average molecular weight is 276 g/mol. The molecule has 0 unspecified atom stereocenters. The van der Waals surface area contributed by atoms with Crippen molar-refractivity contribution in [2.45, 2.75) is 6.36 Å². The van der Waals surface area contributed by atoms with Crippen molar-refractivity contribution in [3.63, 3.8) is 0 Å². The van der Waals surface area contributed by atoms with Crippen molar-refractivity contribution in [2.75, 3.05) is 7.11 Å². The molecule has 19 heavy (non-hydrogen) atoms. The SMILES string of the molecule is COc1ccc(OC(F)(F)F)cc1C=NN=C(N)N. The van der Waals surface area contributed by atoms with Crippen molar-refractivity contribution in [3.05, 3.63) is 23.8 Å². The van der Waals surface area contributed by atoms with Gasteiger partial charge in [-0.05, 0) is 18.2 Å². The first-order valence-electron chi connectivity index (χ1n) is 4.87. The second kappa shape index (κ2) is 5.94. The molecule has 0 saturated heterocycles. The van der Waals surface area contributed by atoms with Crippen molar-refractivity contribution < 1.29 is 22.6 Å². The second-order valence-corrected chi connectivity index (χ2v) is 3.22. The van der Waals surface area contributed by atoms with E-state index in [1.165, 1.54) is 13.2 Å². The summed E-state index contributed by atoms with van der Waals surface area (Å²) < 4.78 is 44.9. The van der Waals surface area contributed by atoms with Crippen LogP contribution in [0.3, 0.4) is 0 Å². The van der Waals surface area contributed by atoms with Crippen LogP contribution in [-0.2, 0) is 0 Å². The minimum Gasteiger partial charge on any atom is -0.496 e. The average Bonchev–Trinajstić information content (AvgIpc) is 2.26. The van der Waals surface area contributed by atoms with Crippen molar-refractivity contribution >= 4 is 12.2 Å². The zero-order chi connectivity index (χ0) is 14.5. The van der Waals surface area contributed by atoms with Crippen LogP contribution in [0.1, 0.15) is 5.56 Å². The lowest BCUT2D eigenvalue weighted by molar-refractivity contribution is -0.274. The van der Waals surface area contributed by atoms with Gasteiger partial charge in [0.05, 0.1) is 13.3 Å². The molecule has 1 aromatic carbocycles. The number of methoxy groups -OCH3 is 1. The summed E-state index contributed by atoms with van der Waals surface area (Å²) in [6.45, 7) is 0. The van der Waals surface area contributed by atoms with Crippen LogP contribution in [-0.4, -0.2) is 25.6 Å². The first-order valence-corrected chi connectivity index (χ1v) is 4.87. The fourth-order valence-corrected chi connectivity index (χ4v) is 1.17. The molecule has 0 heterocycles. The minimum absolute atomic E-state index is 0.231. The summed E-state index contributed by atoms with van der Waals surface area (Å²) in [6, 6.07) is 3.51. The van der Waals surface area contributed by atoms with Gasteiger partial charge in [-0.25, -0.2) is 0 Å². The third-order valence-electron chi connectivity index (χ3n) is 1.80. The molecule has 6 nitrogen and oxygen atoms in total. The predicted molar refractivity (Wildman–Crippen MR) is 63.1 cm³/mol. The number of nitrogens with zero attached hydrogens (tertiary/aromatic N) is 2. The summed E-state index contributed by atoms with van der Waals surface area (Å²) in [4.78, 5) is 0. The first kappa shape index (κ1) is 14.6. The van der Waals surface area contributed by atoms with Crippen LogP contribution in [0.4, 0.5) is 13.2 Å². The normalized spacial score (nSPS) is 11.4. The smallest absolute Gasteiger partial charge is 0.496 e. The van der Waals surface area contributed by atoms with E-state index in [0.717, 1.165) is 18.3 Å². The molecular weight excluding hydrogens is 265 g/mol. The number of ether oxygens (including phenoxy) is 2. The fourth-order valence-electron chi connectivity index (χ4n) is 1.17. The number of nitrogens with two attached hydrogens (primary N) is 2. The Labute approximate surface area is 106 Å². The maximum Gasteiger partial charge on any atom is 0.573 e. The summed E-state index contributed by atoms with van der Waals surface area (Å²) >= 11 is 0. The molecule has 0 saturated carbocycles. The van der Waals surface area contributed by atoms with Crippen molar-refractivity contribution in [1.82, 2.24) is 0 Å².